The van der Waals surface area contributed by atoms with E-state index in [4.69, 9.17) is 0 Å². The molecule has 0 aromatic heterocycles. The number of nitrogens with one attached hydrogen (secondary N) is 2. The molecular weight excluding hydrogens is 268 g/mol. The topological polar surface area (TPSA) is 41.1 Å². The lowest BCUT2D eigenvalue weighted by atomic mass is 10.0. The van der Waals surface area contributed by atoms with Crippen molar-refractivity contribution in [3.63, 3.8) is 0 Å². The maximum atomic E-state index is 10.9. The van der Waals surface area contributed by atoms with Gasteiger partial charge in [0.25, 0.3) is 0 Å². The minimum atomic E-state index is 0.00215. The molecule has 0 spiro atoms. The van der Waals surface area contributed by atoms with Gasteiger partial charge in [-0.25, -0.2) is 0 Å². The third-order valence-corrected chi connectivity index (χ3v) is 4.70. The number of carbonyl (C=O) groups is 1. The maximum Gasteiger partial charge on any atom is 0.217 e. The average Bonchev–Trinajstić information content (AvgIpc) is 2.45. The van der Waals surface area contributed by atoms with Crippen molar-refractivity contribution in [1.82, 2.24) is 5.32 Å². The van der Waals surface area contributed by atoms with Crippen LogP contribution in [0.1, 0.15) is 38.7 Å². The van der Waals surface area contributed by atoms with Crippen LogP contribution in [-0.2, 0) is 11.3 Å². The zero-order valence-electron chi connectivity index (χ0n) is 12.1. The molecule has 3 nitrogen and oxygen atoms in total. The number of carbonyl (C=O) groups excluding carboxylic acids is 1. The maximum absolute atomic E-state index is 10.9. The van der Waals surface area contributed by atoms with Gasteiger partial charge in [-0.15, -0.1) is 0 Å². The molecule has 0 saturated heterocycles. The highest BCUT2D eigenvalue weighted by atomic mass is 32.2. The van der Waals surface area contributed by atoms with Gasteiger partial charge in [0.1, 0.15) is 0 Å². The molecule has 1 amide bonds. The van der Waals surface area contributed by atoms with Crippen molar-refractivity contribution < 1.29 is 4.79 Å². The summed E-state index contributed by atoms with van der Waals surface area (Å²) in [6.45, 7) is 4.34. The van der Waals surface area contributed by atoms with E-state index < -0.39 is 0 Å². The van der Waals surface area contributed by atoms with Crippen molar-refractivity contribution >= 4 is 23.5 Å². The summed E-state index contributed by atoms with van der Waals surface area (Å²) in [6, 6.07) is 8.21. The van der Waals surface area contributed by atoms with Crippen LogP contribution >= 0.6 is 11.9 Å². The third kappa shape index (κ3) is 4.60. The number of hydrogen-bond donors (Lipinski definition) is 2. The Balaban J connectivity index is 1.83. The summed E-state index contributed by atoms with van der Waals surface area (Å²) in [5.41, 5.74) is 3.71. The van der Waals surface area contributed by atoms with E-state index in [-0.39, 0.29) is 5.91 Å². The first-order valence-electron chi connectivity index (χ1n) is 7.07. The average molecular weight is 290 g/mol. The second-order valence-electron chi connectivity index (χ2n) is 5.19. The van der Waals surface area contributed by atoms with Gasteiger partial charge in [-0.1, -0.05) is 23.8 Å². The van der Waals surface area contributed by atoms with E-state index >= 15 is 0 Å². The number of allylic oxidation sites excluding steroid dienone is 1. The quantitative estimate of drug-likeness (QED) is 0.638. The van der Waals surface area contributed by atoms with Crippen LogP contribution in [0.25, 0.3) is 0 Å². The van der Waals surface area contributed by atoms with Gasteiger partial charge in [0.2, 0.25) is 5.91 Å². The van der Waals surface area contributed by atoms with Gasteiger partial charge in [-0.05, 0) is 55.8 Å². The van der Waals surface area contributed by atoms with E-state index in [2.05, 4.69) is 35.2 Å². The smallest absolute Gasteiger partial charge is 0.217 e. The van der Waals surface area contributed by atoms with Crippen molar-refractivity contribution in [2.45, 2.75) is 44.9 Å². The van der Waals surface area contributed by atoms with Crippen LogP contribution in [0, 0.1) is 0 Å². The Hall–Kier alpha value is -1.42. The zero-order valence-corrected chi connectivity index (χ0v) is 12.9. The molecule has 0 heterocycles. The van der Waals surface area contributed by atoms with Crippen LogP contribution in [0.15, 0.2) is 35.9 Å². The molecular formula is C16H22N2OS. The van der Waals surface area contributed by atoms with Crippen LogP contribution in [-0.4, -0.2) is 11.2 Å². The summed E-state index contributed by atoms with van der Waals surface area (Å²) in [5.74, 6) is 0.00215. The lowest BCUT2D eigenvalue weighted by molar-refractivity contribution is -0.119. The fourth-order valence-corrected chi connectivity index (χ4v) is 3.18. The lowest BCUT2D eigenvalue weighted by Crippen LogP contribution is -2.18. The number of benzene rings is 1. The Morgan fingerprint density at radius 3 is 2.75 bits per heavy atom. The number of hydrogen-bond acceptors (Lipinski definition) is 3. The van der Waals surface area contributed by atoms with Crippen molar-refractivity contribution in [2.75, 3.05) is 4.72 Å². The standard InChI is InChI=1S/C16H22N2OS/c1-12-5-3-4-6-16(12)20-18-15-9-7-14(8-10-15)11-17-13(2)19/h5,7-10,16,18H,3-4,6,11H2,1-2H3,(H,17,19). The van der Waals surface area contributed by atoms with Gasteiger partial charge in [0.15, 0.2) is 0 Å². The monoisotopic (exact) mass is 290 g/mol. The molecule has 0 aliphatic heterocycles. The molecule has 108 valence electrons. The summed E-state index contributed by atoms with van der Waals surface area (Å²) in [4.78, 5) is 10.9. The van der Waals surface area contributed by atoms with Crippen LogP contribution < -0.4 is 10.0 Å². The van der Waals surface area contributed by atoms with Crippen molar-refractivity contribution in [1.29, 1.82) is 0 Å². The first-order valence-corrected chi connectivity index (χ1v) is 7.95. The van der Waals surface area contributed by atoms with E-state index in [1.54, 1.807) is 11.9 Å². The number of amides is 1. The molecule has 2 N–H and O–H groups in total. The van der Waals surface area contributed by atoms with Crippen molar-refractivity contribution in [2.24, 2.45) is 0 Å². The highest BCUT2D eigenvalue weighted by molar-refractivity contribution is 8.01. The predicted molar refractivity (Wildman–Crippen MR) is 86.6 cm³/mol. The molecule has 0 radical (unpaired) electrons. The van der Waals surface area contributed by atoms with E-state index in [0.29, 0.717) is 11.8 Å². The number of anilines is 1. The van der Waals surface area contributed by atoms with Gasteiger partial charge in [-0.3, -0.25) is 4.79 Å². The minimum absolute atomic E-state index is 0.00215. The second kappa shape index (κ2) is 7.39. The molecule has 1 aromatic carbocycles. The van der Waals surface area contributed by atoms with Crippen LogP contribution in [0.4, 0.5) is 5.69 Å². The van der Waals surface area contributed by atoms with Crippen molar-refractivity contribution in [3.05, 3.63) is 41.5 Å². The zero-order chi connectivity index (χ0) is 14.4. The second-order valence-corrected chi connectivity index (χ2v) is 6.20. The largest absolute Gasteiger partial charge is 0.352 e. The van der Waals surface area contributed by atoms with Gasteiger partial charge in [0, 0.05) is 24.4 Å². The third-order valence-electron chi connectivity index (χ3n) is 3.46. The van der Waals surface area contributed by atoms with E-state index in [0.717, 1.165) is 11.3 Å². The highest BCUT2D eigenvalue weighted by Crippen LogP contribution is 2.29. The first-order chi connectivity index (χ1) is 9.65. The van der Waals surface area contributed by atoms with Crippen LogP contribution in [0.3, 0.4) is 0 Å². The fraction of sp³-hybridized carbons (Fsp3) is 0.438. The summed E-state index contributed by atoms with van der Waals surface area (Å²) < 4.78 is 3.43. The molecule has 0 saturated carbocycles. The Labute approximate surface area is 125 Å². The van der Waals surface area contributed by atoms with E-state index in [1.807, 2.05) is 12.1 Å². The normalized spacial score (nSPS) is 18.3. The van der Waals surface area contributed by atoms with Gasteiger partial charge in [-0.2, -0.15) is 0 Å². The highest BCUT2D eigenvalue weighted by Gasteiger charge is 2.14. The fourth-order valence-electron chi connectivity index (χ4n) is 2.20. The van der Waals surface area contributed by atoms with Gasteiger partial charge >= 0.3 is 0 Å². The molecule has 1 atom stereocenters. The first kappa shape index (κ1) is 15.0. The summed E-state index contributed by atoms with van der Waals surface area (Å²) in [7, 11) is 0. The molecule has 2 rings (SSSR count). The van der Waals surface area contributed by atoms with Crippen LogP contribution in [0.5, 0.6) is 0 Å². The van der Waals surface area contributed by atoms with E-state index in [9.17, 15) is 4.79 Å². The molecule has 20 heavy (non-hydrogen) atoms. The Morgan fingerprint density at radius 1 is 1.35 bits per heavy atom. The SMILES string of the molecule is CC(=O)NCc1ccc(NSC2CCCC=C2C)cc1. The van der Waals surface area contributed by atoms with Gasteiger partial charge < -0.3 is 10.0 Å². The van der Waals surface area contributed by atoms with E-state index in [1.165, 1.54) is 31.8 Å². The number of rotatable bonds is 5. The molecule has 0 bridgehead atoms. The Kier molecular flexibility index (Phi) is 5.53. The predicted octanol–water partition coefficient (Wildman–Crippen LogP) is 3.88. The van der Waals surface area contributed by atoms with Gasteiger partial charge in [0.05, 0.1) is 0 Å². The Bertz CT molecular complexity index is 482. The lowest BCUT2D eigenvalue weighted by Gasteiger charge is -2.21. The summed E-state index contributed by atoms with van der Waals surface area (Å²) in [5, 5.41) is 3.38. The molecule has 0 fully saturated rings. The Morgan fingerprint density at radius 2 is 2.10 bits per heavy atom. The molecule has 1 aromatic rings. The molecule has 1 aliphatic carbocycles. The minimum Gasteiger partial charge on any atom is -0.352 e. The molecule has 1 aliphatic rings. The summed E-state index contributed by atoms with van der Waals surface area (Å²) in [6.07, 6.45) is 6.10. The molecule has 1 unspecified atom stereocenters. The van der Waals surface area contributed by atoms with Crippen LogP contribution in [0.2, 0.25) is 0 Å². The van der Waals surface area contributed by atoms with Crippen molar-refractivity contribution in [3.8, 4) is 0 Å². The summed E-state index contributed by atoms with van der Waals surface area (Å²) >= 11 is 1.79. The molecule has 4 heteroatoms.